The molecule has 1 aromatic carbocycles. The largest absolute Gasteiger partial charge is 0.324 e. The van der Waals surface area contributed by atoms with Gasteiger partial charge in [-0.15, -0.1) is 0 Å². The van der Waals surface area contributed by atoms with Crippen LogP contribution in [0.15, 0.2) is 49.3 Å². The number of aromatic nitrogens is 4. The number of anilines is 2. The lowest BCUT2D eigenvalue weighted by Gasteiger charge is -2.08. The highest BCUT2D eigenvalue weighted by atomic mass is 35.5. The van der Waals surface area contributed by atoms with E-state index < -0.39 is 6.03 Å². The lowest BCUT2D eigenvalue weighted by atomic mass is 10.3. The summed E-state index contributed by atoms with van der Waals surface area (Å²) in [6.07, 6.45) is 6.32. The van der Waals surface area contributed by atoms with Crippen molar-refractivity contribution in [2.24, 2.45) is 0 Å². The molecule has 0 atom stereocenters. The maximum absolute atomic E-state index is 12.0. The number of rotatable bonds is 3. The fraction of sp³-hybridized carbons (Fsp3) is 0. The van der Waals surface area contributed by atoms with Crippen LogP contribution < -0.4 is 10.6 Å². The molecule has 7 nitrogen and oxygen atoms in total. The minimum absolute atomic E-state index is 0.348. The second-order valence-electron chi connectivity index (χ2n) is 4.44. The zero-order valence-corrected chi connectivity index (χ0v) is 13.1. The monoisotopic (exact) mass is 348 g/mol. The van der Waals surface area contributed by atoms with Crippen molar-refractivity contribution in [1.29, 1.82) is 0 Å². The van der Waals surface area contributed by atoms with E-state index in [2.05, 4.69) is 25.6 Å². The van der Waals surface area contributed by atoms with Gasteiger partial charge in [0.25, 0.3) is 0 Å². The lowest BCUT2D eigenvalue weighted by molar-refractivity contribution is 0.262. The van der Waals surface area contributed by atoms with Gasteiger partial charge in [-0.1, -0.05) is 23.2 Å². The van der Waals surface area contributed by atoms with Gasteiger partial charge in [-0.3, -0.25) is 9.88 Å². The summed E-state index contributed by atoms with van der Waals surface area (Å²) >= 11 is 11.7. The van der Waals surface area contributed by atoms with Crippen LogP contribution in [0.5, 0.6) is 0 Å². The molecule has 0 unspecified atom stereocenters. The van der Waals surface area contributed by atoms with Crippen LogP contribution in [0.1, 0.15) is 0 Å². The van der Waals surface area contributed by atoms with Crippen molar-refractivity contribution >= 4 is 40.7 Å². The fourth-order valence-corrected chi connectivity index (χ4v) is 2.10. The topological polar surface area (TPSA) is 84.7 Å². The fourth-order valence-electron chi connectivity index (χ4n) is 1.80. The van der Waals surface area contributed by atoms with Gasteiger partial charge >= 0.3 is 6.03 Å². The Morgan fingerprint density at radius 3 is 2.70 bits per heavy atom. The molecule has 9 heteroatoms. The van der Waals surface area contributed by atoms with Crippen molar-refractivity contribution in [2.75, 3.05) is 10.6 Å². The first-order valence-corrected chi connectivity index (χ1v) is 7.21. The molecule has 0 aliphatic heterocycles. The number of nitrogens with one attached hydrogen (secondary N) is 2. The van der Waals surface area contributed by atoms with Crippen LogP contribution >= 0.6 is 23.2 Å². The van der Waals surface area contributed by atoms with E-state index in [9.17, 15) is 4.79 Å². The first-order valence-electron chi connectivity index (χ1n) is 6.45. The summed E-state index contributed by atoms with van der Waals surface area (Å²) in [4.78, 5) is 24.0. The van der Waals surface area contributed by atoms with Crippen LogP contribution in [-0.4, -0.2) is 25.6 Å². The summed E-state index contributed by atoms with van der Waals surface area (Å²) in [5.74, 6) is 0.934. The number of halogens is 2. The Morgan fingerprint density at radius 1 is 1.09 bits per heavy atom. The van der Waals surface area contributed by atoms with Crippen molar-refractivity contribution in [3.05, 3.63) is 59.4 Å². The molecule has 3 rings (SSSR count). The third kappa shape index (κ3) is 3.77. The Labute approximate surface area is 141 Å². The molecule has 2 N–H and O–H groups in total. The number of amides is 2. The van der Waals surface area contributed by atoms with Gasteiger partial charge in [0.15, 0.2) is 0 Å². The first kappa shape index (κ1) is 15.3. The summed E-state index contributed by atoms with van der Waals surface area (Å²) in [5.41, 5.74) is 0.515. The maximum atomic E-state index is 12.0. The van der Waals surface area contributed by atoms with Crippen molar-refractivity contribution in [2.45, 2.75) is 0 Å². The summed E-state index contributed by atoms with van der Waals surface area (Å²) in [6.45, 7) is 0. The average molecular weight is 349 g/mol. The number of imidazole rings is 1. The van der Waals surface area contributed by atoms with E-state index in [1.165, 1.54) is 6.33 Å². The molecule has 2 heterocycles. The number of urea groups is 1. The molecule has 0 bridgehead atoms. The average Bonchev–Trinajstić information content (AvgIpc) is 3.05. The van der Waals surface area contributed by atoms with Gasteiger partial charge in [0.2, 0.25) is 0 Å². The Morgan fingerprint density at radius 2 is 1.96 bits per heavy atom. The van der Waals surface area contributed by atoms with Gasteiger partial charge in [-0.2, -0.15) is 0 Å². The second-order valence-corrected chi connectivity index (χ2v) is 5.25. The number of hydrogen-bond donors (Lipinski definition) is 2. The summed E-state index contributed by atoms with van der Waals surface area (Å²) in [5, 5.41) is 6.03. The summed E-state index contributed by atoms with van der Waals surface area (Å²) in [6, 6.07) is 5.96. The van der Waals surface area contributed by atoms with E-state index >= 15 is 0 Å². The van der Waals surface area contributed by atoms with Gasteiger partial charge in [0.05, 0.1) is 10.0 Å². The van der Waals surface area contributed by atoms with Crippen LogP contribution in [-0.2, 0) is 0 Å². The predicted molar refractivity (Wildman–Crippen MR) is 88.3 cm³/mol. The highest BCUT2D eigenvalue weighted by molar-refractivity contribution is 6.42. The second kappa shape index (κ2) is 6.64. The molecule has 2 aromatic heterocycles. The molecular formula is C14H10Cl2N6O. The van der Waals surface area contributed by atoms with E-state index in [1.54, 1.807) is 47.6 Å². The zero-order chi connectivity index (χ0) is 16.2. The smallest absolute Gasteiger partial charge is 0.308 e. The number of carbonyl (C=O) groups excluding carboxylic acids is 1. The van der Waals surface area contributed by atoms with E-state index in [1.807, 2.05) is 0 Å². The minimum atomic E-state index is -0.460. The highest BCUT2D eigenvalue weighted by Crippen LogP contribution is 2.25. The molecule has 0 saturated heterocycles. The lowest BCUT2D eigenvalue weighted by Crippen LogP contribution is -2.20. The SMILES string of the molecule is O=C(Nc1ccc(Cl)c(Cl)c1)Nc1cc(-n2ccnc2)ncn1. The summed E-state index contributed by atoms with van der Waals surface area (Å²) < 4.78 is 1.70. The standard InChI is InChI=1S/C14H10Cl2N6O/c15-10-2-1-9(5-11(10)16)20-14(23)21-12-6-13(19-7-18-12)22-4-3-17-8-22/h1-8H,(H2,18,19,20,21,23). The van der Waals surface area contributed by atoms with Crippen molar-refractivity contribution < 1.29 is 4.79 Å². The molecule has 23 heavy (non-hydrogen) atoms. The van der Waals surface area contributed by atoms with Gasteiger partial charge in [-0.05, 0) is 18.2 Å². The van der Waals surface area contributed by atoms with Gasteiger partial charge in [-0.25, -0.2) is 19.7 Å². The third-order valence-electron chi connectivity index (χ3n) is 2.84. The highest BCUT2D eigenvalue weighted by Gasteiger charge is 2.07. The molecule has 0 spiro atoms. The predicted octanol–water partition coefficient (Wildman–Crippen LogP) is 3.61. The minimum Gasteiger partial charge on any atom is -0.308 e. The van der Waals surface area contributed by atoms with Gasteiger partial charge in [0.1, 0.15) is 24.3 Å². The zero-order valence-electron chi connectivity index (χ0n) is 11.6. The number of carbonyl (C=O) groups is 1. The molecule has 3 aromatic rings. The van der Waals surface area contributed by atoms with E-state index in [-0.39, 0.29) is 0 Å². The first-order chi connectivity index (χ1) is 11.1. The summed E-state index contributed by atoms with van der Waals surface area (Å²) in [7, 11) is 0. The van der Waals surface area contributed by atoms with Crippen LogP contribution in [0.3, 0.4) is 0 Å². The maximum Gasteiger partial charge on any atom is 0.324 e. The normalized spacial score (nSPS) is 10.3. The van der Waals surface area contributed by atoms with E-state index in [0.717, 1.165) is 0 Å². The van der Waals surface area contributed by atoms with Crippen molar-refractivity contribution in [3.63, 3.8) is 0 Å². The van der Waals surface area contributed by atoms with E-state index in [4.69, 9.17) is 23.2 Å². The van der Waals surface area contributed by atoms with Crippen molar-refractivity contribution in [1.82, 2.24) is 19.5 Å². The molecule has 0 radical (unpaired) electrons. The molecule has 0 aliphatic carbocycles. The van der Waals surface area contributed by atoms with Gasteiger partial charge < -0.3 is 5.32 Å². The molecular weight excluding hydrogens is 339 g/mol. The van der Waals surface area contributed by atoms with E-state index in [0.29, 0.717) is 27.4 Å². The number of hydrogen-bond acceptors (Lipinski definition) is 4. The number of benzene rings is 1. The number of nitrogens with zero attached hydrogens (tertiary/aromatic N) is 4. The Kier molecular flexibility index (Phi) is 4.40. The van der Waals surface area contributed by atoms with Crippen LogP contribution in [0.2, 0.25) is 10.0 Å². The molecule has 2 amide bonds. The van der Waals surface area contributed by atoms with Crippen LogP contribution in [0.25, 0.3) is 5.82 Å². The Hall–Kier alpha value is -2.64. The molecule has 0 aliphatic rings. The van der Waals surface area contributed by atoms with Gasteiger partial charge in [0, 0.05) is 24.1 Å². The molecule has 0 saturated carbocycles. The Bertz CT molecular complexity index is 837. The van der Waals surface area contributed by atoms with Crippen LogP contribution in [0, 0.1) is 0 Å². The van der Waals surface area contributed by atoms with Crippen molar-refractivity contribution in [3.8, 4) is 5.82 Å². The molecule has 116 valence electrons. The molecule has 0 fully saturated rings. The quantitative estimate of drug-likeness (QED) is 0.756. The Balaban J connectivity index is 1.70. The van der Waals surface area contributed by atoms with Crippen LogP contribution in [0.4, 0.5) is 16.3 Å². The third-order valence-corrected chi connectivity index (χ3v) is 3.58.